The number of hydrogen-bond acceptors (Lipinski definition) is 6. The van der Waals surface area contributed by atoms with Crippen LogP contribution in [0.25, 0.3) is 0 Å². The van der Waals surface area contributed by atoms with E-state index in [4.69, 9.17) is 10.00 Å². The van der Waals surface area contributed by atoms with Gasteiger partial charge in [0.1, 0.15) is 5.75 Å². The summed E-state index contributed by atoms with van der Waals surface area (Å²) in [6.45, 7) is 0.823. The van der Waals surface area contributed by atoms with Crippen molar-refractivity contribution in [1.29, 1.82) is 5.26 Å². The molecule has 0 aliphatic carbocycles. The lowest BCUT2D eigenvalue weighted by atomic mass is 10.2. The van der Waals surface area contributed by atoms with Crippen molar-refractivity contribution in [2.45, 2.75) is 18.9 Å². The van der Waals surface area contributed by atoms with Crippen LogP contribution in [0.15, 0.2) is 21.1 Å². The van der Waals surface area contributed by atoms with Gasteiger partial charge in [-0.05, 0) is 56.8 Å². The molecule has 1 aromatic carbocycles. The fourth-order valence-electron chi connectivity index (χ4n) is 1.57. The Kier molecular flexibility index (Phi) is 7.50. The standard InChI is InChI=1S/C7H3Br2NO.C6H10O4/c8-5-1-4(3-10)2-6(9)7(5)11;7-6(8)10-4-5-2-1-3-9-5/h1-2,11H;5H,1-4H2,(H,7,8)/p-1. The number of carbonyl (C=O) groups excluding carboxylic acids is 1. The number of phenolic OH excluding ortho intramolecular Hbond substituents is 1. The van der Waals surface area contributed by atoms with E-state index in [2.05, 4.69) is 36.6 Å². The Morgan fingerprint density at radius 3 is 2.57 bits per heavy atom. The van der Waals surface area contributed by atoms with Crippen LogP contribution in [0.3, 0.4) is 0 Å². The van der Waals surface area contributed by atoms with Crippen LogP contribution in [0.2, 0.25) is 0 Å². The number of phenols is 1. The van der Waals surface area contributed by atoms with Crippen LogP contribution in [0, 0.1) is 11.3 Å². The minimum absolute atomic E-state index is 0.0436. The average molecular weight is 422 g/mol. The zero-order valence-corrected chi connectivity index (χ0v) is 14.0. The number of halogens is 2. The van der Waals surface area contributed by atoms with Crippen molar-refractivity contribution in [2.75, 3.05) is 13.2 Å². The van der Waals surface area contributed by atoms with Crippen molar-refractivity contribution in [3.8, 4) is 11.8 Å². The van der Waals surface area contributed by atoms with Crippen LogP contribution in [-0.4, -0.2) is 30.6 Å². The minimum Gasteiger partial charge on any atom is -0.547 e. The summed E-state index contributed by atoms with van der Waals surface area (Å²) in [5.41, 5.74) is 0.501. The maximum Gasteiger partial charge on any atom is 0.252 e. The van der Waals surface area contributed by atoms with Gasteiger partial charge in [0.25, 0.3) is 6.16 Å². The van der Waals surface area contributed by atoms with Gasteiger partial charge in [-0.25, -0.2) is 0 Å². The summed E-state index contributed by atoms with van der Waals surface area (Å²) < 4.78 is 10.3. The van der Waals surface area contributed by atoms with Crippen molar-refractivity contribution in [2.24, 2.45) is 0 Å². The van der Waals surface area contributed by atoms with Crippen LogP contribution in [0.1, 0.15) is 18.4 Å². The number of ether oxygens (including phenoxy) is 2. The van der Waals surface area contributed by atoms with Gasteiger partial charge in [0, 0.05) is 6.61 Å². The number of aromatic hydroxyl groups is 1. The lowest BCUT2D eigenvalue weighted by molar-refractivity contribution is -0.284. The molecule has 1 heterocycles. The molecule has 1 unspecified atom stereocenters. The summed E-state index contributed by atoms with van der Waals surface area (Å²) >= 11 is 6.21. The molecule has 0 saturated carbocycles. The lowest BCUT2D eigenvalue weighted by Gasteiger charge is -2.12. The second kappa shape index (κ2) is 8.87. The van der Waals surface area contributed by atoms with E-state index in [0.717, 1.165) is 12.8 Å². The highest BCUT2D eigenvalue weighted by Gasteiger charge is 2.13. The summed E-state index contributed by atoms with van der Waals surface area (Å²) in [5, 5.41) is 27.5. The van der Waals surface area contributed by atoms with Crippen LogP contribution < -0.4 is 5.11 Å². The number of nitriles is 1. The Balaban J connectivity index is 0.000000211. The Hall–Kier alpha value is -1.30. The van der Waals surface area contributed by atoms with Gasteiger partial charge >= 0.3 is 0 Å². The van der Waals surface area contributed by atoms with Crippen molar-refractivity contribution in [1.82, 2.24) is 0 Å². The van der Waals surface area contributed by atoms with Gasteiger partial charge in [-0.2, -0.15) is 5.26 Å². The van der Waals surface area contributed by atoms with Crippen molar-refractivity contribution in [3.05, 3.63) is 26.6 Å². The molecule has 1 saturated heterocycles. The van der Waals surface area contributed by atoms with E-state index in [9.17, 15) is 15.0 Å². The van der Waals surface area contributed by atoms with E-state index in [1.807, 2.05) is 6.07 Å². The molecule has 21 heavy (non-hydrogen) atoms. The van der Waals surface area contributed by atoms with Gasteiger partial charge in [-0.3, -0.25) is 0 Å². The summed E-state index contributed by atoms with van der Waals surface area (Å²) in [5.74, 6) is 0.115. The number of carboxylic acid groups (broad SMARTS) is 1. The maximum atomic E-state index is 9.77. The number of carbonyl (C=O) groups is 1. The Morgan fingerprint density at radius 1 is 1.52 bits per heavy atom. The smallest absolute Gasteiger partial charge is 0.252 e. The summed E-state index contributed by atoms with van der Waals surface area (Å²) in [6, 6.07) is 5.08. The quantitative estimate of drug-likeness (QED) is 0.735. The number of benzene rings is 1. The third kappa shape index (κ3) is 6.33. The van der Waals surface area contributed by atoms with Crippen LogP contribution >= 0.6 is 31.9 Å². The van der Waals surface area contributed by atoms with Crippen LogP contribution in [0.5, 0.6) is 5.75 Å². The lowest BCUT2D eigenvalue weighted by Crippen LogP contribution is -2.27. The fourth-order valence-corrected chi connectivity index (χ4v) is 2.75. The van der Waals surface area contributed by atoms with Gasteiger partial charge in [0.2, 0.25) is 0 Å². The van der Waals surface area contributed by atoms with E-state index >= 15 is 0 Å². The molecule has 6 nitrogen and oxygen atoms in total. The second-order valence-corrected chi connectivity index (χ2v) is 5.81. The molecule has 1 N–H and O–H groups in total. The first-order valence-electron chi connectivity index (χ1n) is 5.97. The molecule has 0 radical (unpaired) electrons. The highest BCUT2D eigenvalue weighted by molar-refractivity contribution is 9.11. The third-order valence-electron chi connectivity index (χ3n) is 2.56. The van der Waals surface area contributed by atoms with E-state index in [-0.39, 0.29) is 18.5 Å². The molecular formula is C13H12Br2NO5-. The first-order chi connectivity index (χ1) is 9.93. The van der Waals surface area contributed by atoms with E-state index in [1.165, 1.54) is 0 Å². The molecule has 0 aromatic heterocycles. The fraction of sp³-hybridized carbons (Fsp3) is 0.385. The molecule has 1 aliphatic rings. The SMILES string of the molecule is N#Cc1cc(Br)c(O)c(Br)c1.O=C([O-])OCC1CCCO1. The predicted octanol–water partition coefficient (Wildman–Crippen LogP) is 2.31. The highest BCUT2D eigenvalue weighted by Crippen LogP contribution is 2.32. The van der Waals surface area contributed by atoms with E-state index in [0.29, 0.717) is 21.1 Å². The molecule has 1 aromatic rings. The first-order valence-corrected chi connectivity index (χ1v) is 7.56. The summed E-state index contributed by atoms with van der Waals surface area (Å²) in [7, 11) is 0. The van der Waals surface area contributed by atoms with Crippen molar-refractivity contribution < 1.29 is 24.5 Å². The summed E-state index contributed by atoms with van der Waals surface area (Å²) in [4.78, 5) is 9.77. The Labute approximate surface area is 138 Å². The average Bonchev–Trinajstić information content (AvgIpc) is 2.96. The highest BCUT2D eigenvalue weighted by atomic mass is 79.9. The third-order valence-corrected chi connectivity index (χ3v) is 3.77. The Bertz CT molecular complexity index is 515. The van der Waals surface area contributed by atoms with Crippen molar-refractivity contribution >= 4 is 38.0 Å². The molecule has 114 valence electrons. The first kappa shape index (κ1) is 17.8. The predicted molar refractivity (Wildman–Crippen MR) is 78.5 cm³/mol. The van der Waals surface area contributed by atoms with Crippen molar-refractivity contribution in [3.63, 3.8) is 0 Å². The molecule has 2 rings (SSSR count). The van der Waals surface area contributed by atoms with Gasteiger partial charge in [0.05, 0.1) is 33.3 Å². The molecule has 1 fully saturated rings. The molecular weight excluding hydrogens is 410 g/mol. The maximum absolute atomic E-state index is 9.77. The van der Waals surface area contributed by atoms with Gasteiger partial charge in [0.15, 0.2) is 0 Å². The van der Waals surface area contributed by atoms with Crippen LogP contribution in [-0.2, 0) is 9.47 Å². The van der Waals surface area contributed by atoms with E-state index < -0.39 is 6.16 Å². The minimum atomic E-state index is -1.48. The van der Waals surface area contributed by atoms with Gasteiger partial charge < -0.3 is 24.5 Å². The number of nitrogens with zero attached hydrogens (tertiary/aromatic N) is 1. The number of rotatable bonds is 2. The molecule has 0 spiro atoms. The van der Waals surface area contributed by atoms with Gasteiger partial charge in [-0.15, -0.1) is 0 Å². The summed E-state index contributed by atoms with van der Waals surface area (Å²) in [6.07, 6.45) is 0.349. The van der Waals surface area contributed by atoms with Gasteiger partial charge in [-0.1, -0.05) is 0 Å². The largest absolute Gasteiger partial charge is 0.547 e. The topological polar surface area (TPSA) is 103 Å². The molecule has 8 heteroatoms. The molecule has 0 bridgehead atoms. The molecule has 0 amide bonds. The zero-order valence-electron chi connectivity index (χ0n) is 10.8. The number of hydrogen-bond donors (Lipinski definition) is 1. The van der Waals surface area contributed by atoms with E-state index in [1.54, 1.807) is 12.1 Å². The second-order valence-electron chi connectivity index (χ2n) is 4.10. The Morgan fingerprint density at radius 2 is 2.14 bits per heavy atom. The monoisotopic (exact) mass is 420 g/mol. The molecule has 1 aliphatic heterocycles. The van der Waals surface area contributed by atoms with Crippen LogP contribution in [0.4, 0.5) is 4.79 Å². The molecule has 1 atom stereocenters. The normalized spacial score (nSPS) is 16.5. The zero-order chi connectivity index (χ0) is 15.8.